The van der Waals surface area contributed by atoms with Gasteiger partial charge in [-0.1, -0.05) is 41.9 Å². The van der Waals surface area contributed by atoms with Gasteiger partial charge in [0.15, 0.2) is 5.78 Å². The van der Waals surface area contributed by atoms with Gasteiger partial charge in [0.05, 0.1) is 10.4 Å². The van der Waals surface area contributed by atoms with E-state index in [2.05, 4.69) is 0 Å². The Morgan fingerprint density at radius 1 is 1.15 bits per heavy atom. The minimum atomic E-state index is -0.713. The summed E-state index contributed by atoms with van der Waals surface area (Å²) < 4.78 is 13.4. The first-order chi connectivity index (χ1) is 9.34. The van der Waals surface area contributed by atoms with Crippen LogP contribution in [-0.2, 0) is 5.41 Å². The molecular formula is C17H16ClFO. The third-order valence-electron chi connectivity index (χ3n) is 3.56. The van der Waals surface area contributed by atoms with Gasteiger partial charge in [-0.25, -0.2) is 4.39 Å². The number of ketones is 1. The van der Waals surface area contributed by atoms with Crippen LogP contribution in [-0.4, -0.2) is 5.78 Å². The number of hydrogen-bond donors (Lipinski definition) is 0. The molecule has 0 bridgehead atoms. The third-order valence-corrected chi connectivity index (χ3v) is 3.87. The standard InChI is InChI=1S/C17H16ClFO/c1-11-9-13(14(18)10-15(11)19)16(20)17(2,3)12-7-5-4-6-8-12/h4-10H,1-3H3. The molecule has 0 radical (unpaired) electrons. The molecule has 1 nitrogen and oxygen atoms in total. The second-order valence-corrected chi connectivity index (χ2v) is 5.81. The Labute approximate surface area is 123 Å². The van der Waals surface area contributed by atoms with E-state index < -0.39 is 11.2 Å². The zero-order valence-corrected chi connectivity index (χ0v) is 12.5. The van der Waals surface area contributed by atoms with Crippen molar-refractivity contribution in [3.8, 4) is 0 Å². The first kappa shape index (κ1) is 14.7. The van der Waals surface area contributed by atoms with Gasteiger partial charge in [-0.2, -0.15) is 0 Å². The van der Waals surface area contributed by atoms with Gasteiger partial charge in [0, 0.05) is 5.56 Å². The second-order valence-electron chi connectivity index (χ2n) is 5.40. The van der Waals surface area contributed by atoms with E-state index in [9.17, 15) is 9.18 Å². The molecule has 0 saturated carbocycles. The molecule has 0 aliphatic heterocycles. The van der Waals surface area contributed by atoms with Crippen LogP contribution in [0.15, 0.2) is 42.5 Å². The summed E-state index contributed by atoms with van der Waals surface area (Å²) in [7, 11) is 0. The van der Waals surface area contributed by atoms with Gasteiger partial charge in [0.2, 0.25) is 0 Å². The van der Waals surface area contributed by atoms with Gasteiger partial charge in [0.1, 0.15) is 5.82 Å². The number of hydrogen-bond acceptors (Lipinski definition) is 1. The summed E-state index contributed by atoms with van der Waals surface area (Å²) >= 11 is 6.03. The summed E-state index contributed by atoms with van der Waals surface area (Å²) in [4.78, 5) is 12.7. The Bertz CT molecular complexity index is 648. The van der Waals surface area contributed by atoms with Crippen LogP contribution < -0.4 is 0 Å². The predicted octanol–water partition coefficient (Wildman–Crippen LogP) is 4.95. The molecule has 104 valence electrons. The van der Waals surface area contributed by atoms with E-state index in [1.807, 2.05) is 44.2 Å². The van der Waals surface area contributed by atoms with Crippen LogP contribution in [0.1, 0.15) is 35.3 Å². The monoisotopic (exact) mass is 290 g/mol. The molecule has 0 amide bonds. The Morgan fingerprint density at radius 2 is 1.75 bits per heavy atom. The number of rotatable bonds is 3. The van der Waals surface area contributed by atoms with Gasteiger partial charge < -0.3 is 0 Å². The van der Waals surface area contributed by atoms with Crippen LogP contribution in [0.4, 0.5) is 4.39 Å². The minimum absolute atomic E-state index is 0.114. The van der Waals surface area contributed by atoms with Crippen molar-refractivity contribution in [1.82, 2.24) is 0 Å². The summed E-state index contributed by atoms with van der Waals surface area (Å²) in [6, 6.07) is 12.2. The van der Waals surface area contributed by atoms with Crippen LogP contribution in [0, 0.1) is 12.7 Å². The normalized spacial score (nSPS) is 11.4. The predicted molar refractivity (Wildman–Crippen MR) is 79.9 cm³/mol. The maximum atomic E-state index is 13.4. The van der Waals surface area contributed by atoms with Crippen molar-refractivity contribution in [2.24, 2.45) is 0 Å². The summed E-state index contributed by atoms with van der Waals surface area (Å²) in [5.74, 6) is -0.513. The van der Waals surface area contributed by atoms with Crippen molar-refractivity contribution in [1.29, 1.82) is 0 Å². The highest BCUT2D eigenvalue weighted by Gasteiger charge is 2.32. The Morgan fingerprint density at radius 3 is 2.35 bits per heavy atom. The van der Waals surface area contributed by atoms with Crippen molar-refractivity contribution in [2.75, 3.05) is 0 Å². The van der Waals surface area contributed by atoms with Crippen LogP contribution in [0.3, 0.4) is 0 Å². The van der Waals surface area contributed by atoms with E-state index in [0.717, 1.165) is 5.56 Å². The van der Waals surface area contributed by atoms with E-state index in [-0.39, 0.29) is 10.8 Å². The highest BCUT2D eigenvalue weighted by molar-refractivity contribution is 6.34. The van der Waals surface area contributed by atoms with Crippen molar-refractivity contribution in [3.05, 3.63) is 70.0 Å². The van der Waals surface area contributed by atoms with Crippen LogP contribution in [0.2, 0.25) is 5.02 Å². The lowest BCUT2D eigenvalue weighted by atomic mass is 9.78. The lowest BCUT2D eigenvalue weighted by molar-refractivity contribution is 0.0909. The molecule has 0 heterocycles. The first-order valence-electron chi connectivity index (χ1n) is 6.40. The largest absolute Gasteiger partial charge is 0.293 e. The fraction of sp³-hybridized carbons (Fsp3) is 0.235. The third kappa shape index (κ3) is 2.61. The van der Waals surface area contributed by atoms with Crippen LogP contribution in [0.5, 0.6) is 0 Å². The van der Waals surface area contributed by atoms with E-state index >= 15 is 0 Å². The van der Waals surface area contributed by atoms with Crippen LogP contribution in [0.25, 0.3) is 0 Å². The number of Topliss-reactive ketones (excluding diaryl/α,β-unsaturated/α-hetero) is 1. The zero-order chi connectivity index (χ0) is 14.9. The molecule has 2 aromatic carbocycles. The number of carbonyl (C=O) groups is 1. The molecule has 0 fully saturated rings. The molecule has 0 N–H and O–H groups in total. The summed E-state index contributed by atoms with van der Waals surface area (Å²) in [6.07, 6.45) is 0. The molecule has 0 aliphatic carbocycles. The van der Waals surface area contributed by atoms with E-state index in [0.29, 0.717) is 11.1 Å². The van der Waals surface area contributed by atoms with E-state index in [1.54, 1.807) is 6.92 Å². The van der Waals surface area contributed by atoms with E-state index in [4.69, 9.17) is 11.6 Å². The lowest BCUT2D eigenvalue weighted by Crippen LogP contribution is -2.29. The van der Waals surface area contributed by atoms with Gasteiger partial charge in [-0.15, -0.1) is 0 Å². The SMILES string of the molecule is Cc1cc(C(=O)C(C)(C)c2ccccc2)c(Cl)cc1F. The number of halogens is 2. The quantitative estimate of drug-likeness (QED) is 0.731. The molecule has 0 spiro atoms. The fourth-order valence-electron chi connectivity index (χ4n) is 2.15. The maximum absolute atomic E-state index is 13.4. The summed E-state index contributed by atoms with van der Waals surface area (Å²) in [6.45, 7) is 5.32. The van der Waals surface area contributed by atoms with Crippen LogP contribution >= 0.6 is 11.6 Å². The fourth-order valence-corrected chi connectivity index (χ4v) is 2.39. The van der Waals surface area contributed by atoms with Crippen molar-refractivity contribution >= 4 is 17.4 Å². The van der Waals surface area contributed by atoms with Gasteiger partial charge in [0.25, 0.3) is 0 Å². The number of carbonyl (C=O) groups excluding carboxylic acids is 1. The summed E-state index contributed by atoms with van der Waals surface area (Å²) in [5, 5.41) is 0.155. The molecule has 0 aliphatic rings. The average Bonchev–Trinajstić information content (AvgIpc) is 2.43. The Balaban J connectivity index is 2.49. The second kappa shape index (κ2) is 5.37. The van der Waals surface area contributed by atoms with E-state index in [1.165, 1.54) is 12.1 Å². The molecule has 0 unspecified atom stereocenters. The molecular weight excluding hydrogens is 275 g/mol. The van der Waals surface area contributed by atoms with Gasteiger partial charge >= 0.3 is 0 Å². The van der Waals surface area contributed by atoms with Crippen molar-refractivity contribution < 1.29 is 9.18 Å². The maximum Gasteiger partial charge on any atom is 0.174 e. The lowest BCUT2D eigenvalue weighted by Gasteiger charge is -2.24. The molecule has 0 saturated heterocycles. The topological polar surface area (TPSA) is 17.1 Å². The minimum Gasteiger partial charge on any atom is -0.293 e. The number of aryl methyl sites for hydroxylation is 1. The highest BCUT2D eigenvalue weighted by atomic mass is 35.5. The molecule has 0 aromatic heterocycles. The highest BCUT2D eigenvalue weighted by Crippen LogP contribution is 2.31. The van der Waals surface area contributed by atoms with Gasteiger partial charge in [-0.05, 0) is 44.0 Å². The molecule has 2 aromatic rings. The summed E-state index contributed by atoms with van der Waals surface area (Å²) in [5.41, 5.74) is 0.971. The average molecular weight is 291 g/mol. The van der Waals surface area contributed by atoms with Crippen molar-refractivity contribution in [2.45, 2.75) is 26.2 Å². The molecule has 0 atom stereocenters. The molecule has 3 heteroatoms. The van der Waals surface area contributed by atoms with Gasteiger partial charge in [-0.3, -0.25) is 4.79 Å². The Hall–Kier alpha value is -1.67. The molecule has 2 rings (SSSR count). The zero-order valence-electron chi connectivity index (χ0n) is 11.7. The van der Waals surface area contributed by atoms with Crippen molar-refractivity contribution in [3.63, 3.8) is 0 Å². The molecule has 20 heavy (non-hydrogen) atoms. The number of benzene rings is 2. The Kier molecular flexibility index (Phi) is 3.96. The first-order valence-corrected chi connectivity index (χ1v) is 6.78. The smallest absolute Gasteiger partial charge is 0.174 e.